The van der Waals surface area contributed by atoms with Crippen molar-refractivity contribution in [3.63, 3.8) is 0 Å². The van der Waals surface area contributed by atoms with E-state index in [2.05, 4.69) is 39.8 Å². The highest BCUT2D eigenvalue weighted by molar-refractivity contribution is 5.80. The normalized spacial score (nSPS) is 14.3. The second-order valence-electron chi connectivity index (χ2n) is 8.39. The van der Waals surface area contributed by atoms with Crippen molar-refractivity contribution in [3.8, 4) is 5.75 Å². The number of hydrogen-bond donors (Lipinski definition) is 1. The third-order valence-electron chi connectivity index (χ3n) is 5.65. The third-order valence-corrected chi connectivity index (χ3v) is 5.65. The van der Waals surface area contributed by atoms with Crippen LogP contribution in [0.25, 0.3) is 16.5 Å². The van der Waals surface area contributed by atoms with Crippen molar-refractivity contribution in [1.82, 2.24) is 25.0 Å². The quantitative estimate of drug-likeness (QED) is 0.525. The number of allylic oxidation sites excluding steroid dienone is 2. The number of likely N-dealkylation sites (tertiary alicyclic amines) is 1. The van der Waals surface area contributed by atoms with Crippen molar-refractivity contribution in [2.45, 2.75) is 13.5 Å². The lowest BCUT2D eigenvalue weighted by Crippen LogP contribution is -2.52. The lowest BCUT2D eigenvalue weighted by atomic mass is 9.99. The van der Waals surface area contributed by atoms with E-state index in [1.165, 1.54) is 5.56 Å². The Kier molecular flexibility index (Phi) is 6.66. The highest BCUT2D eigenvalue weighted by Gasteiger charge is 2.29. The van der Waals surface area contributed by atoms with Crippen LogP contribution < -0.4 is 4.74 Å². The van der Waals surface area contributed by atoms with Crippen molar-refractivity contribution in [1.29, 1.82) is 0 Å². The number of rotatable bonds is 9. The van der Waals surface area contributed by atoms with Gasteiger partial charge in [-0.3, -0.25) is 14.9 Å². The van der Waals surface area contributed by atoms with E-state index in [4.69, 9.17) is 4.74 Å². The predicted molar refractivity (Wildman–Crippen MR) is 126 cm³/mol. The van der Waals surface area contributed by atoms with Gasteiger partial charge in [-0.2, -0.15) is 5.10 Å². The minimum absolute atomic E-state index is 0.168. The molecular weight excluding hydrogens is 402 g/mol. The molecule has 1 aromatic carbocycles. The molecule has 0 spiro atoms. The van der Waals surface area contributed by atoms with Gasteiger partial charge < -0.3 is 14.5 Å². The Morgan fingerprint density at radius 3 is 2.94 bits per heavy atom. The molecule has 0 saturated carbocycles. The average molecular weight is 432 g/mol. The van der Waals surface area contributed by atoms with Gasteiger partial charge in [0.05, 0.1) is 11.2 Å². The van der Waals surface area contributed by atoms with Crippen LogP contribution in [0.1, 0.15) is 18.2 Å². The molecule has 0 bridgehead atoms. The van der Waals surface area contributed by atoms with Crippen LogP contribution in [0, 0.1) is 5.92 Å². The number of amides is 1. The SMILES string of the molecule is C=C(/C=C\COc1ccc2cc(CN(C)CC3CN(C(C)=O)C3)cnc2c1)c1ccn[nH]1. The Bertz CT molecular complexity index is 1120. The number of hydrogen-bond acceptors (Lipinski definition) is 5. The van der Waals surface area contributed by atoms with E-state index >= 15 is 0 Å². The predicted octanol–water partition coefficient (Wildman–Crippen LogP) is 3.52. The van der Waals surface area contributed by atoms with E-state index in [9.17, 15) is 4.79 Å². The maximum Gasteiger partial charge on any atom is 0.219 e. The molecule has 166 valence electrons. The van der Waals surface area contributed by atoms with Gasteiger partial charge in [0, 0.05) is 62.9 Å². The fourth-order valence-corrected chi connectivity index (χ4v) is 3.94. The van der Waals surface area contributed by atoms with Crippen LogP contribution in [-0.4, -0.2) is 64.2 Å². The number of carbonyl (C=O) groups excluding carboxylic acids is 1. The molecule has 1 aliphatic heterocycles. The van der Waals surface area contributed by atoms with Crippen LogP contribution in [0.2, 0.25) is 0 Å². The first-order valence-corrected chi connectivity index (χ1v) is 10.8. The number of carbonyl (C=O) groups is 1. The van der Waals surface area contributed by atoms with Crippen LogP contribution in [0.5, 0.6) is 5.75 Å². The Morgan fingerprint density at radius 1 is 1.34 bits per heavy atom. The Morgan fingerprint density at radius 2 is 2.19 bits per heavy atom. The van der Waals surface area contributed by atoms with E-state index in [1.807, 2.05) is 47.5 Å². The summed E-state index contributed by atoms with van der Waals surface area (Å²) in [6, 6.07) is 10.0. The number of nitrogens with one attached hydrogen (secondary N) is 1. The summed E-state index contributed by atoms with van der Waals surface area (Å²) in [4.78, 5) is 20.1. The minimum Gasteiger partial charge on any atom is -0.489 e. The van der Waals surface area contributed by atoms with Crippen molar-refractivity contribution in [3.05, 3.63) is 72.7 Å². The third kappa shape index (κ3) is 5.42. The van der Waals surface area contributed by atoms with Crippen molar-refractivity contribution in [2.24, 2.45) is 5.92 Å². The molecule has 1 amide bonds. The highest BCUT2D eigenvalue weighted by atomic mass is 16.5. The summed E-state index contributed by atoms with van der Waals surface area (Å²) in [5, 5.41) is 7.90. The number of ether oxygens (including phenoxy) is 1. The number of pyridine rings is 1. The van der Waals surface area contributed by atoms with Crippen molar-refractivity contribution >= 4 is 22.4 Å². The molecule has 0 aliphatic carbocycles. The van der Waals surface area contributed by atoms with Crippen LogP contribution in [0.4, 0.5) is 0 Å². The molecule has 1 aliphatic rings. The number of aromatic nitrogens is 3. The summed E-state index contributed by atoms with van der Waals surface area (Å²) >= 11 is 0. The van der Waals surface area contributed by atoms with E-state index in [1.54, 1.807) is 13.1 Å². The van der Waals surface area contributed by atoms with Crippen LogP contribution >= 0.6 is 0 Å². The maximum absolute atomic E-state index is 11.3. The summed E-state index contributed by atoms with van der Waals surface area (Å²) in [5.41, 5.74) is 3.84. The molecule has 7 nitrogen and oxygen atoms in total. The van der Waals surface area contributed by atoms with Crippen molar-refractivity contribution < 1.29 is 9.53 Å². The molecule has 1 fully saturated rings. The Balaban J connectivity index is 1.28. The maximum atomic E-state index is 11.3. The van der Waals surface area contributed by atoms with Crippen LogP contribution in [0.15, 0.2) is 61.5 Å². The standard InChI is InChI=1S/C25H29N5O2/c1-18(24-8-9-27-28-24)5-4-10-32-23-7-6-22-11-20(13-26-25(22)12-23)14-29(3)15-21-16-30(17-21)19(2)31/h4-9,11-13,21H,1,10,14-17H2,2-3H3,(H,27,28)/b5-4-. The molecule has 3 aromatic rings. The van der Waals surface area contributed by atoms with E-state index in [-0.39, 0.29) is 5.91 Å². The zero-order valence-corrected chi connectivity index (χ0v) is 18.6. The Labute approximate surface area is 188 Å². The molecule has 3 heterocycles. The number of benzene rings is 1. The van der Waals surface area contributed by atoms with Gasteiger partial charge in [-0.1, -0.05) is 12.7 Å². The smallest absolute Gasteiger partial charge is 0.219 e. The zero-order chi connectivity index (χ0) is 22.5. The van der Waals surface area contributed by atoms with Gasteiger partial charge in [0.25, 0.3) is 0 Å². The number of aromatic amines is 1. The number of fused-ring (bicyclic) bond motifs is 1. The molecule has 0 radical (unpaired) electrons. The molecule has 0 atom stereocenters. The summed E-state index contributed by atoms with van der Waals surface area (Å²) in [6.45, 7) is 9.63. The monoisotopic (exact) mass is 431 g/mol. The van der Waals surface area contributed by atoms with E-state index < -0.39 is 0 Å². The van der Waals surface area contributed by atoms with Gasteiger partial charge in [-0.25, -0.2) is 0 Å². The topological polar surface area (TPSA) is 74.3 Å². The zero-order valence-electron chi connectivity index (χ0n) is 18.6. The first-order valence-electron chi connectivity index (χ1n) is 10.8. The average Bonchev–Trinajstić information content (AvgIpc) is 3.28. The minimum atomic E-state index is 0.168. The molecule has 1 saturated heterocycles. The van der Waals surface area contributed by atoms with Gasteiger partial charge in [0.2, 0.25) is 5.91 Å². The molecule has 0 unspecified atom stereocenters. The lowest BCUT2D eigenvalue weighted by molar-refractivity contribution is -0.135. The van der Waals surface area contributed by atoms with E-state index in [0.29, 0.717) is 12.5 Å². The second kappa shape index (κ2) is 9.78. The summed E-state index contributed by atoms with van der Waals surface area (Å²) in [6.07, 6.45) is 7.47. The van der Waals surface area contributed by atoms with Gasteiger partial charge in [-0.15, -0.1) is 0 Å². The van der Waals surface area contributed by atoms with Gasteiger partial charge in [-0.05, 0) is 48.5 Å². The van der Waals surface area contributed by atoms with E-state index in [0.717, 1.165) is 54.1 Å². The highest BCUT2D eigenvalue weighted by Crippen LogP contribution is 2.22. The fraction of sp³-hybridized carbons (Fsp3) is 0.320. The lowest BCUT2D eigenvalue weighted by Gasteiger charge is -2.40. The first kappa shape index (κ1) is 21.8. The number of H-pyrrole nitrogens is 1. The van der Waals surface area contributed by atoms with Gasteiger partial charge in [0.15, 0.2) is 0 Å². The summed E-state index contributed by atoms with van der Waals surface area (Å²) in [5.74, 6) is 1.51. The van der Waals surface area contributed by atoms with Crippen LogP contribution in [0.3, 0.4) is 0 Å². The fourth-order valence-electron chi connectivity index (χ4n) is 3.94. The van der Waals surface area contributed by atoms with Crippen LogP contribution in [-0.2, 0) is 11.3 Å². The Hall–Kier alpha value is -3.45. The largest absolute Gasteiger partial charge is 0.489 e. The molecular formula is C25H29N5O2. The molecule has 7 heteroatoms. The second-order valence-corrected chi connectivity index (χ2v) is 8.39. The first-order chi connectivity index (χ1) is 15.5. The summed E-state index contributed by atoms with van der Waals surface area (Å²) in [7, 11) is 2.12. The number of nitrogens with zero attached hydrogens (tertiary/aromatic N) is 4. The molecule has 1 N–H and O–H groups in total. The van der Waals surface area contributed by atoms with Crippen molar-refractivity contribution in [2.75, 3.05) is 33.3 Å². The van der Waals surface area contributed by atoms with Gasteiger partial charge in [0.1, 0.15) is 12.4 Å². The van der Waals surface area contributed by atoms with Gasteiger partial charge >= 0.3 is 0 Å². The molecule has 4 rings (SSSR count). The molecule has 32 heavy (non-hydrogen) atoms. The molecule has 2 aromatic heterocycles. The summed E-state index contributed by atoms with van der Waals surface area (Å²) < 4.78 is 5.83.